The first kappa shape index (κ1) is 18.1. The topological polar surface area (TPSA) is 55.8 Å². The molecule has 0 aromatic heterocycles. The Labute approximate surface area is 160 Å². The van der Waals surface area contributed by atoms with Crippen LogP contribution in [0.25, 0.3) is 0 Å². The lowest BCUT2D eigenvalue weighted by molar-refractivity contribution is -0.140. The largest absolute Gasteiger partial charge is 0.493 e. The minimum absolute atomic E-state index is 0.0384. The maximum absolute atomic E-state index is 13.0. The van der Waals surface area contributed by atoms with Crippen LogP contribution in [0.2, 0.25) is 0 Å². The average molecular weight is 369 g/mol. The summed E-state index contributed by atoms with van der Waals surface area (Å²) in [7, 11) is 3.21. The smallest absolute Gasteiger partial charge is 0.233 e. The molecule has 1 saturated heterocycles. The van der Waals surface area contributed by atoms with Crippen LogP contribution in [0.4, 0.5) is 0 Å². The van der Waals surface area contributed by atoms with Crippen molar-refractivity contribution >= 4 is 11.8 Å². The predicted molar refractivity (Wildman–Crippen MR) is 102 cm³/mol. The van der Waals surface area contributed by atoms with Crippen LogP contribution >= 0.6 is 0 Å². The van der Waals surface area contributed by atoms with Gasteiger partial charge in [0.2, 0.25) is 11.8 Å². The molecule has 0 unspecified atom stereocenters. The van der Waals surface area contributed by atoms with E-state index in [0.29, 0.717) is 24.5 Å². The highest BCUT2D eigenvalue weighted by atomic mass is 16.5. The summed E-state index contributed by atoms with van der Waals surface area (Å²) < 4.78 is 10.6. The molecule has 1 aromatic carbocycles. The van der Waals surface area contributed by atoms with Gasteiger partial charge in [-0.1, -0.05) is 17.2 Å². The monoisotopic (exact) mass is 369 g/mol. The number of benzene rings is 1. The zero-order chi connectivity index (χ0) is 19.3. The van der Waals surface area contributed by atoms with Crippen LogP contribution < -0.4 is 9.47 Å². The van der Waals surface area contributed by atoms with Gasteiger partial charge in [0.1, 0.15) is 0 Å². The van der Waals surface area contributed by atoms with Gasteiger partial charge < -0.3 is 9.47 Å². The van der Waals surface area contributed by atoms with Gasteiger partial charge >= 0.3 is 0 Å². The first-order valence-electron chi connectivity index (χ1n) is 9.71. The molecular formula is C22H27NO4. The highest BCUT2D eigenvalue weighted by Crippen LogP contribution is 2.60. The SMILES string of the molecule is COc1ccc(CCN2C(=O)[C@H]3[C@H](C2=O)[C@H]2CC[C@H]3C2=C(C)C)cc1OC. The van der Waals surface area contributed by atoms with Gasteiger partial charge in [0.25, 0.3) is 0 Å². The van der Waals surface area contributed by atoms with Gasteiger partial charge in [-0.2, -0.15) is 0 Å². The Balaban J connectivity index is 1.50. The van der Waals surface area contributed by atoms with E-state index >= 15 is 0 Å². The Morgan fingerprint density at radius 1 is 1.00 bits per heavy atom. The van der Waals surface area contributed by atoms with E-state index in [4.69, 9.17) is 9.47 Å². The third-order valence-electron chi connectivity index (χ3n) is 6.59. The molecule has 2 amide bonds. The van der Waals surface area contributed by atoms with Gasteiger partial charge in [-0.25, -0.2) is 0 Å². The van der Waals surface area contributed by atoms with E-state index in [9.17, 15) is 9.59 Å². The first-order valence-corrected chi connectivity index (χ1v) is 9.71. The molecule has 4 atom stereocenters. The van der Waals surface area contributed by atoms with Crippen molar-refractivity contribution in [2.75, 3.05) is 20.8 Å². The van der Waals surface area contributed by atoms with Crippen molar-refractivity contribution in [1.29, 1.82) is 0 Å². The number of rotatable bonds is 5. The molecule has 3 aliphatic rings. The molecule has 1 heterocycles. The lowest BCUT2D eigenvalue weighted by Crippen LogP contribution is -2.35. The second kappa shape index (κ2) is 6.70. The number of hydrogen-bond acceptors (Lipinski definition) is 4. The van der Waals surface area contributed by atoms with Gasteiger partial charge in [-0.15, -0.1) is 0 Å². The highest BCUT2D eigenvalue weighted by Gasteiger charge is 2.63. The van der Waals surface area contributed by atoms with Crippen molar-refractivity contribution in [2.24, 2.45) is 23.7 Å². The number of amides is 2. The molecule has 0 spiro atoms. The van der Waals surface area contributed by atoms with Crippen LogP contribution in [0, 0.1) is 23.7 Å². The first-order chi connectivity index (χ1) is 13.0. The molecular weight excluding hydrogens is 342 g/mol. The fourth-order valence-corrected chi connectivity index (χ4v) is 5.55. The zero-order valence-electron chi connectivity index (χ0n) is 16.5. The molecule has 5 heteroatoms. The van der Waals surface area contributed by atoms with E-state index in [1.165, 1.54) is 16.0 Å². The van der Waals surface area contributed by atoms with Crippen molar-refractivity contribution in [3.05, 3.63) is 34.9 Å². The molecule has 2 aliphatic carbocycles. The zero-order valence-corrected chi connectivity index (χ0v) is 16.5. The summed E-state index contributed by atoms with van der Waals surface area (Å²) in [4.78, 5) is 27.6. The molecule has 27 heavy (non-hydrogen) atoms. The fourth-order valence-electron chi connectivity index (χ4n) is 5.55. The number of allylic oxidation sites excluding steroid dienone is 2. The minimum Gasteiger partial charge on any atom is -0.493 e. The number of methoxy groups -OCH3 is 2. The Morgan fingerprint density at radius 3 is 2.11 bits per heavy atom. The van der Waals surface area contributed by atoms with Crippen molar-refractivity contribution in [3.63, 3.8) is 0 Å². The number of ether oxygens (including phenoxy) is 2. The van der Waals surface area contributed by atoms with E-state index in [-0.39, 0.29) is 35.5 Å². The fraction of sp³-hybridized carbons (Fsp3) is 0.545. The maximum atomic E-state index is 13.0. The quantitative estimate of drug-likeness (QED) is 0.591. The van der Waals surface area contributed by atoms with Crippen LogP contribution in [0.15, 0.2) is 29.3 Å². The number of fused-ring (bicyclic) bond motifs is 5. The number of nitrogens with zero attached hydrogens (tertiary/aromatic N) is 1. The van der Waals surface area contributed by atoms with E-state index in [2.05, 4.69) is 13.8 Å². The molecule has 1 aromatic rings. The number of likely N-dealkylation sites (tertiary alicyclic amines) is 1. The summed E-state index contributed by atoms with van der Waals surface area (Å²) in [6.07, 6.45) is 2.73. The molecule has 5 nitrogen and oxygen atoms in total. The predicted octanol–water partition coefficient (Wildman–Crippen LogP) is 3.22. The van der Waals surface area contributed by atoms with E-state index < -0.39 is 0 Å². The average Bonchev–Trinajstić information content (AvgIpc) is 3.30. The summed E-state index contributed by atoms with van der Waals surface area (Å²) in [6.45, 7) is 4.67. The number of carbonyl (C=O) groups is 2. The Bertz CT molecular complexity index is 792. The van der Waals surface area contributed by atoms with Crippen LogP contribution in [0.1, 0.15) is 32.3 Å². The van der Waals surface area contributed by atoms with Crippen molar-refractivity contribution in [2.45, 2.75) is 33.1 Å². The number of hydrogen-bond donors (Lipinski definition) is 0. The molecule has 2 bridgehead atoms. The van der Waals surface area contributed by atoms with Crippen LogP contribution in [-0.2, 0) is 16.0 Å². The molecule has 0 N–H and O–H groups in total. The van der Waals surface area contributed by atoms with Crippen molar-refractivity contribution in [3.8, 4) is 11.5 Å². The van der Waals surface area contributed by atoms with E-state index in [1.807, 2.05) is 18.2 Å². The molecule has 4 rings (SSSR count). The van der Waals surface area contributed by atoms with Crippen molar-refractivity contribution in [1.82, 2.24) is 4.90 Å². The lowest BCUT2D eigenvalue weighted by atomic mass is 9.81. The van der Waals surface area contributed by atoms with Crippen molar-refractivity contribution < 1.29 is 19.1 Å². The summed E-state index contributed by atoms with van der Waals surface area (Å²) in [6, 6.07) is 5.73. The summed E-state index contributed by atoms with van der Waals surface area (Å²) in [5.41, 5.74) is 3.72. The summed E-state index contributed by atoms with van der Waals surface area (Å²) >= 11 is 0. The van der Waals surface area contributed by atoms with E-state index in [0.717, 1.165) is 18.4 Å². The highest BCUT2D eigenvalue weighted by molar-refractivity contribution is 6.06. The maximum Gasteiger partial charge on any atom is 0.233 e. The molecule has 2 saturated carbocycles. The third-order valence-corrected chi connectivity index (χ3v) is 6.59. The van der Waals surface area contributed by atoms with Crippen LogP contribution in [0.5, 0.6) is 11.5 Å². The van der Waals surface area contributed by atoms with Gasteiger partial charge in [-0.3, -0.25) is 14.5 Å². The molecule has 144 valence electrons. The normalized spacial score (nSPS) is 28.7. The standard InChI is InChI=1S/C22H27NO4/c1-12(2)18-14-6-7-15(18)20-19(14)21(24)23(22(20)25)10-9-13-5-8-16(26-3)17(11-13)27-4/h5,8,11,14-15,19-20H,6-7,9-10H2,1-4H3/t14-,15-,19+,20+/m0/s1. The molecule has 1 aliphatic heterocycles. The minimum atomic E-state index is -0.119. The van der Waals surface area contributed by atoms with Gasteiger partial charge in [0.15, 0.2) is 11.5 Å². The summed E-state index contributed by atoms with van der Waals surface area (Å²) in [5, 5.41) is 0. The number of carbonyl (C=O) groups excluding carboxylic acids is 2. The van der Waals surface area contributed by atoms with Gasteiger partial charge in [-0.05, 0) is 62.6 Å². The molecule has 3 fully saturated rings. The van der Waals surface area contributed by atoms with Gasteiger partial charge in [0, 0.05) is 6.54 Å². The second-order valence-corrected chi connectivity index (χ2v) is 8.06. The van der Waals surface area contributed by atoms with E-state index in [1.54, 1.807) is 14.2 Å². The number of imide groups is 1. The Hall–Kier alpha value is -2.30. The Kier molecular flexibility index (Phi) is 4.49. The van der Waals surface area contributed by atoms with Crippen LogP contribution in [-0.4, -0.2) is 37.5 Å². The molecule has 0 radical (unpaired) electrons. The lowest BCUT2D eigenvalue weighted by Gasteiger charge is -2.19. The van der Waals surface area contributed by atoms with Gasteiger partial charge in [0.05, 0.1) is 26.1 Å². The second-order valence-electron chi connectivity index (χ2n) is 8.06. The summed E-state index contributed by atoms with van der Waals surface area (Å²) in [5.74, 6) is 1.75. The third kappa shape index (κ3) is 2.67. The Morgan fingerprint density at radius 2 is 1.59 bits per heavy atom. The van der Waals surface area contributed by atoms with Crippen LogP contribution in [0.3, 0.4) is 0 Å².